The molecule has 0 bridgehead atoms. The van der Waals surface area contributed by atoms with Crippen molar-refractivity contribution in [3.05, 3.63) is 28.3 Å². The maximum Gasteiger partial charge on any atom is 0.125 e. The molecular weight excluding hydrogens is 224 g/mol. The van der Waals surface area contributed by atoms with Crippen molar-refractivity contribution in [3.8, 4) is 5.75 Å². The Bertz CT molecular complexity index is 359. The van der Waals surface area contributed by atoms with Crippen LogP contribution in [0.4, 0.5) is 0 Å². The van der Waals surface area contributed by atoms with E-state index in [-0.39, 0.29) is 0 Å². The van der Waals surface area contributed by atoms with Crippen LogP contribution in [0.3, 0.4) is 0 Å². The van der Waals surface area contributed by atoms with E-state index in [2.05, 4.69) is 13.8 Å². The normalized spacial score (nSPS) is 12.9. The molecule has 16 heavy (non-hydrogen) atoms. The highest BCUT2D eigenvalue weighted by Crippen LogP contribution is 2.31. The summed E-state index contributed by atoms with van der Waals surface area (Å²) in [4.78, 5) is 0. The molecule has 0 aromatic heterocycles. The molecule has 0 saturated heterocycles. The summed E-state index contributed by atoms with van der Waals surface area (Å²) in [6.07, 6.45) is -0.569. The second-order valence-corrected chi connectivity index (χ2v) is 4.93. The lowest BCUT2D eigenvalue weighted by molar-refractivity contribution is 0.188. The molecule has 1 unspecified atom stereocenters. The van der Waals surface area contributed by atoms with E-state index in [1.54, 1.807) is 13.0 Å². The molecule has 0 fully saturated rings. The predicted octanol–water partition coefficient (Wildman–Crippen LogP) is 3.74. The van der Waals surface area contributed by atoms with Gasteiger partial charge in [0.05, 0.1) is 12.7 Å². The molecule has 1 atom stereocenters. The third kappa shape index (κ3) is 3.39. The minimum Gasteiger partial charge on any atom is -0.493 e. The van der Waals surface area contributed by atoms with Gasteiger partial charge in [-0.3, -0.25) is 0 Å². The van der Waals surface area contributed by atoms with E-state index in [0.29, 0.717) is 17.5 Å². The van der Waals surface area contributed by atoms with Crippen LogP contribution in [0.2, 0.25) is 5.02 Å². The monoisotopic (exact) mass is 242 g/mol. The van der Waals surface area contributed by atoms with Crippen molar-refractivity contribution in [2.45, 2.75) is 33.8 Å². The number of hydrogen-bond donors (Lipinski definition) is 1. The van der Waals surface area contributed by atoms with Crippen molar-refractivity contribution in [2.24, 2.45) is 5.92 Å². The first kappa shape index (κ1) is 13.3. The number of aliphatic hydroxyl groups is 1. The maximum atomic E-state index is 9.65. The van der Waals surface area contributed by atoms with Crippen LogP contribution in [0.1, 0.15) is 38.0 Å². The molecule has 90 valence electrons. The van der Waals surface area contributed by atoms with Crippen LogP contribution in [-0.2, 0) is 0 Å². The van der Waals surface area contributed by atoms with Gasteiger partial charge in [0, 0.05) is 10.6 Å². The molecule has 0 aliphatic rings. The molecule has 1 N–H and O–H groups in total. The van der Waals surface area contributed by atoms with Gasteiger partial charge in [-0.2, -0.15) is 0 Å². The van der Waals surface area contributed by atoms with Gasteiger partial charge in [0.1, 0.15) is 5.75 Å². The first-order valence-corrected chi connectivity index (χ1v) is 5.90. The number of ether oxygens (including phenoxy) is 1. The molecule has 3 heteroatoms. The standard InChI is InChI=1S/C13H19ClO2/c1-8(2)7-16-13-5-9(3)12(14)6-11(13)10(4)15/h5-6,8,10,15H,7H2,1-4H3. The minimum atomic E-state index is -0.569. The first-order valence-electron chi connectivity index (χ1n) is 5.52. The van der Waals surface area contributed by atoms with Crippen molar-refractivity contribution < 1.29 is 9.84 Å². The van der Waals surface area contributed by atoms with Gasteiger partial charge >= 0.3 is 0 Å². The Morgan fingerprint density at radius 2 is 1.94 bits per heavy atom. The Balaban J connectivity index is 3.00. The van der Waals surface area contributed by atoms with E-state index < -0.39 is 6.10 Å². The summed E-state index contributed by atoms with van der Waals surface area (Å²) in [7, 11) is 0. The van der Waals surface area contributed by atoms with Crippen LogP contribution in [0.25, 0.3) is 0 Å². The van der Waals surface area contributed by atoms with Gasteiger partial charge < -0.3 is 9.84 Å². The van der Waals surface area contributed by atoms with Gasteiger partial charge in [-0.1, -0.05) is 25.4 Å². The average molecular weight is 243 g/mol. The smallest absolute Gasteiger partial charge is 0.125 e. The summed E-state index contributed by atoms with van der Waals surface area (Å²) >= 11 is 6.03. The topological polar surface area (TPSA) is 29.5 Å². The van der Waals surface area contributed by atoms with Gasteiger partial charge in [-0.05, 0) is 37.5 Å². The molecule has 1 aromatic carbocycles. The number of hydrogen-bond acceptors (Lipinski definition) is 2. The molecule has 2 nitrogen and oxygen atoms in total. The first-order chi connectivity index (χ1) is 7.41. The molecule has 0 aliphatic carbocycles. The van der Waals surface area contributed by atoms with Crippen molar-refractivity contribution in [3.63, 3.8) is 0 Å². The van der Waals surface area contributed by atoms with E-state index in [1.807, 2.05) is 13.0 Å². The van der Waals surface area contributed by atoms with Crippen LogP contribution in [0.5, 0.6) is 5.75 Å². The maximum absolute atomic E-state index is 9.65. The molecule has 0 aliphatic heterocycles. The molecule has 1 aromatic rings. The van der Waals surface area contributed by atoms with Gasteiger partial charge in [-0.25, -0.2) is 0 Å². The highest BCUT2D eigenvalue weighted by atomic mass is 35.5. The van der Waals surface area contributed by atoms with Gasteiger partial charge in [0.2, 0.25) is 0 Å². The number of benzene rings is 1. The largest absolute Gasteiger partial charge is 0.493 e. The van der Waals surface area contributed by atoms with Crippen LogP contribution in [0, 0.1) is 12.8 Å². The zero-order valence-electron chi connectivity index (χ0n) is 10.2. The summed E-state index contributed by atoms with van der Waals surface area (Å²) in [5.74, 6) is 1.18. The van der Waals surface area contributed by atoms with Crippen LogP contribution >= 0.6 is 11.6 Å². The fraction of sp³-hybridized carbons (Fsp3) is 0.538. The molecule has 0 heterocycles. The van der Waals surface area contributed by atoms with Crippen LogP contribution < -0.4 is 4.74 Å². The third-order valence-corrected chi connectivity index (χ3v) is 2.72. The fourth-order valence-corrected chi connectivity index (χ4v) is 1.55. The molecule has 0 spiro atoms. The quantitative estimate of drug-likeness (QED) is 0.872. The minimum absolute atomic E-state index is 0.456. The number of aliphatic hydroxyl groups excluding tert-OH is 1. The Kier molecular flexibility index (Phi) is 4.63. The van der Waals surface area contributed by atoms with Gasteiger partial charge in [0.15, 0.2) is 0 Å². The second-order valence-electron chi connectivity index (χ2n) is 4.52. The third-order valence-electron chi connectivity index (χ3n) is 2.31. The lowest BCUT2D eigenvalue weighted by atomic mass is 10.1. The number of halogens is 1. The Hall–Kier alpha value is -0.730. The highest BCUT2D eigenvalue weighted by molar-refractivity contribution is 6.31. The molecule has 0 amide bonds. The van der Waals surface area contributed by atoms with Crippen molar-refractivity contribution in [1.82, 2.24) is 0 Å². The van der Waals surface area contributed by atoms with E-state index in [4.69, 9.17) is 16.3 Å². The molecular formula is C13H19ClO2. The Labute approximate surface area is 102 Å². The lowest BCUT2D eigenvalue weighted by Gasteiger charge is -2.16. The van der Waals surface area contributed by atoms with Crippen molar-refractivity contribution in [2.75, 3.05) is 6.61 Å². The lowest BCUT2D eigenvalue weighted by Crippen LogP contribution is -2.07. The average Bonchev–Trinajstić information content (AvgIpc) is 2.18. The summed E-state index contributed by atoms with van der Waals surface area (Å²) in [6.45, 7) is 8.45. The summed E-state index contributed by atoms with van der Waals surface area (Å²) in [6, 6.07) is 3.66. The summed E-state index contributed by atoms with van der Waals surface area (Å²) in [5.41, 5.74) is 1.71. The number of aryl methyl sites for hydroxylation is 1. The van der Waals surface area contributed by atoms with E-state index in [9.17, 15) is 5.11 Å². The molecule has 0 radical (unpaired) electrons. The van der Waals surface area contributed by atoms with Crippen molar-refractivity contribution >= 4 is 11.6 Å². The fourth-order valence-electron chi connectivity index (χ4n) is 1.38. The summed E-state index contributed by atoms with van der Waals surface area (Å²) < 4.78 is 5.68. The number of rotatable bonds is 4. The van der Waals surface area contributed by atoms with Crippen LogP contribution in [0.15, 0.2) is 12.1 Å². The molecule has 1 rings (SSSR count). The van der Waals surface area contributed by atoms with Gasteiger partial charge in [-0.15, -0.1) is 0 Å². The van der Waals surface area contributed by atoms with E-state index >= 15 is 0 Å². The Morgan fingerprint density at radius 3 is 2.44 bits per heavy atom. The van der Waals surface area contributed by atoms with E-state index in [0.717, 1.165) is 16.9 Å². The Morgan fingerprint density at radius 1 is 1.31 bits per heavy atom. The van der Waals surface area contributed by atoms with Crippen LogP contribution in [-0.4, -0.2) is 11.7 Å². The zero-order chi connectivity index (χ0) is 12.3. The van der Waals surface area contributed by atoms with Gasteiger partial charge in [0.25, 0.3) is 0 Å². The SMILES string of the molecule is Cc1cc(OCC(C)C)c(C(C)O)cc1Cl. The van der Waals surface area contributed by atoms with Crippen molar-refractivity contribution in [1.29, 1.82) is 0 Å². The second kappa shape index (κ2) is 5.55. The predicted molar refractivity (Wildman–Crippen MR) is 67.2 cm³/mol. The highest BCUT2D eigenvalue weighted by Gasteiger charge is 2.12. The zero-order valence-corrected chi connectivity index (χ0v) is 11.0. The van der Waals surface area contributed by atoms with E-state index in [1.165, 1.54) is 0 Å². The molecule has 0 saturated carbocycles. The summed E-state index contributed by atoms with van der Waals surface area (Å²) in [5, 5.41) is 10.3.